The first-order valence-corrected chi connectivity index (χ1v) is 8.16. The van der Waals surface area contributed by atoms with Crippen LogP contribution < -0.4 is 5.32 Å². The van der Waals surface area contributed by atoms with Crippen LogP contribution in [0, 0.1) is 11.8 Å². The van der Waals surface area contributed by atoms with Crippen molar-refractivity contribution in [2.75, 3.05) is 13.2 Å². The van der Waals surface area contributed by atoms with E-state index in [1.165, 1.54) is 36.8 Å². The molecule has 1 saturated heterocycles. The van der Waals surface area contributed by atoms with Crippen molar-refractivity contribution in [2.45, 2.75) is 51.7 Å². The second kappa shape index (κ2) is 6.28. The van der Waals surface area contributed by atoms with Crippen molar-refractivity contribution >= 4 is 0 Å². The molecular weight excluding hydrogens is 246 g/mol. The average Bonchev–Trinajstić information content (AvgIpc) is 3.14. The van der Waals surface area contributed by atoms with Gasteiger partial charge in [-0.1, -0.05) is 38.1 Å². The molecule has 0 amide bonds. The quantitative estimate of drug-likeness (QED) is 0.853. The van der Waals surface area contributed by atoms with Crippen molar-refractivity contribution < 1.29 is 4.74 Å². The minimum absolute atomic E-state index is 0.300. The SMILES string of the molecule is CC(C)Cc1ccc(C2OCCC2CNC2CC2)cc1. The normalized spacial score (nSPS) is 26.4. The van der Waals surface area contributed by atoms with Crippen LogP contribution in [0.5, 0.6) is 0 Å². The number of benzene rings is 1. The summed E-state index contributed by atoms with van der Waals surface area (Å²) >= 11 is 0. The lowest BCUT2D eigenvalue weighted by atomic mass is 9.93. The Morgan fingerprint density at radius 1 is 1.15 bits per heavy atom. The van der Waals surface area contributed by atoms with Crippen molar-refractivity contribution in [3.8, 4) is 0 Å². The van der Waals surface area contributed by atoms with Gasteiger partial charge in [0.25, 0.3) is 0 Å². The third-order valence-corrected chi connectivity index (χ3v) is 4.41. The second-order valence-electron chi connectivity index (χ2n) is 6.86. The molecule has 0 radical (unpaired) electrons. The molecule has 2 heteroatoms. The van der Waals surface area contributed by atoms with Crippen LogP contribution in [-0.4, -0.2) is 19.2 Å². The van der Waals surface area contributed by atoms with Crippen molar-refractivity contribution in [2.24, 2.45) is 11.8 Å². The number of hydrogen-bond donors (Lipinski definition) is 1. The summed E-state index contributed by atoms with van der Waals surface area (Å²) in [6.07, 6.45) is 5.38. The lowest BCUT2D eigenvalue weighted by Gasteiger charge is -2.20. The maximum Gasteiger partial charge on any atom is 0.0866 e. The highest BCUT2D eigenvalue weighted by molar-refractivity contribution is 5.25. The topological polar surface area (TPSA) is 21.3 Å². The van der Waals surface area contributed by atoms with Gasteiger partial charge in [0, 0.05) is 25.1 Å². The van der Waals surface area contributed by atoms with Gasteiger partial charge in [-0.15, -0.1) is 0 Å². The minimum atomic E-state index is 0.300. The molecule has 0 spiro atoms. The maximum atomic E-state index is 5.99. The van der Waals surface area contributed by atoms with Crippen LogP contribution >= 0.6 is 0 Å². The molecule has 20 heavy (non-hydrogen) atoms. The largest absolute Gasteiger partial charge is 0.373 e. The zero-order chi connectivity index (χ0) is 13.9. The van der Waals surface area contributed by atoms with E-state index in [1.807, 2.05) is 0 Å². The summed E-state index contributed by atoms with van der Waals surface area (Å²) < 4.78 is 5.99. The maximum absolute atomic E-state index is 5.99. The fourth-order valence-corrected chi connectivity index (χ4v) is 3.13. The van der Waals surface area contributed by atoms with E-state index in [0.29, 0.717) is 12.0 Å². The van der Waals surface area contributed by atoms with Crippen LogP contribution in [0.4, 0.5) is 0 Å². The Labute approximate surface area is 122 Å². The number of ether oxygens (including phenoxy) is 1. The van der Waals surface area contributed by atoms with Gasteiger partial charge in [-0.25, -0.2) is 0 Å². The molecule has 1 aromatic carbocycles. The Balaban J connectivity index is 1.61. The highest BCUT2D eigenvalue weighted by Crippen LogP contribution is 2.35. The third kappa shape index (κ3) is 3.62. The molecule has 3 rings (SSSR count). The van der Waals surface area contributed by atoms with Gasteiger partial charge >= 0.3 is 0 Å². The van der Waals surface area contributed by atoms with Gasteiger partial charge in [0.15, 0.2) is 0 Å². The standard InChI is InChI=1S/C18H27NO/c1-13(2)11-14-3-5-15(6-4-14)18-16(9-10-20-18)12-19-17-7-8-17/h3-6,13,16-19H,7-12H2,1-2H3. The predicted octanol–water partition coefficient (Wildman–Crippen LogP) is 3.71. The molecular formula is C18H27NO. The van der Waals surface area contributed by atoms with Gasteiger partial charge in [0.1, 0.15) is 0 Å². The van der Waals surface area contributed by atoms with Gasteiger partial charge in [-0.2, -0.15) is 0 Å². The average molecular weight is 273 g/mol. The van der Waals surface area contributed by atoms with E-state index in [9.17, 15) is 0 Å². The zero-order valence-corrected chi connectivity index (χ0v) is 12.8. The molecule has 1 N–H and O–H groups in total. The molecule has 2 atom stereocenters. The Morgan fingerprint density at radius 3 is 2.55 bits per heavy atom. The van der Waals surface area contributed by atoms with E-state index in [-0.39, 0.29) is 0 Å². The molecule has 0 aromatic heterocycles. The number of hydrogen-bond acceptors (Lipinski definition) is 2. The van der Waals surface area contributed by atoms with Crippen LogP contribution in [0.2, 0.25) is 0 Å². The molecule has 110 valence electrons. The summed E-state index contributed by atoms with van der Waals surface area (Å²) in [4.78, 5) is 0. The first-order chi connectivity index (χ1) is 9.72. The van der Waals surface area contributed by atoms with Crippen molar-refractivity contribution in [3.63, 3.8) is 0 Å². The van der Waals surface area contributed by atoms with E-state index in [2.05, 4.69) is 43.4 Å². The van der Waals surface area contributed by atoms with Crippen molar-refractivity contribution in [3.05, 3.63) is 35.4 Å². The van der Waals surface area contributed by atoms with Crippen LogP contribution in [0.1, 0.15) is 50.3 Å². The fraction of sp³-hybridized carbons (Fsp3) is 0.667. The van der Waals surface area contributed by atoms with Gasteiger partial charge in [-0.3, -0.25) is 0 Å². The minimum Gasteiger partial charge on any atom is -0.373 e. The Morgan fingerprint density at radius 2 is 1.90 bits per heavy atom. The zero-order valence-electron chi connectivity index (χ0n) is 12.8. The van der Waals surface area contributed by atoms with Gasteiger partial charge in [0.2, 0.25) is 0 Å². The molecule has 2 aliphatic rings. The highest BCUT2D eigenvalue weighted by atomic mass is 16.5. The molecule has 1 aliphatic heterocycles. The second-order valence-corrected chi connectivity index (χ2v) is 6.86. The van der Waals surface area contributed by atoms with Crippen molar-refractivity contribution in [1.82, 2.24) is 5.32 Å². The van der Waals surface area contributed by atoms with Gasteiger partial charge in [-0.05, 0) is 42.7 Å². The van der Waals surface area contributed by atoms with Crippen LogP contribution in [0.3, 0.4) is 0 Å². The van der Waals surface area contributed by atoms with Crippen LogP contribution in [-0.2, 0) is 11.2 Å². The molecule has 0 bridgehead atoms. The number of nitrogens with one attached hydrogen (secondary N) is 1. The van der Waals surface area contributed by atoms with E-state index >= 15 is 0 Å². The Hall–Kier alpha value is -0.860. The Bertz CT molecular complexity index is 422. The first kappa shape index (κ1) is 14.1. The summed E-state index contributed by atoms with van der Waals surface area (Å²) in [7, 11) is 0. The molecule has 2 fully saturated rings. The van der Waals surface area contributed by atoms with Crippen molar-refractivity contribution in [1.29, 1.82) is 0 Å². The molecule has 1 saturated carbocycles. The fourth-order valence-electron chi connectivity index (χ4n) is 3.13. The lowest BCUT2D eigenvalue weighted by molar-refractivity contribution is 0.0904. The van der Waals surface area contributed by atoms with E-state index < -0.39 is 0 Å². The summed E-state index contributed by atoms with van der Waals surface area (Å²) in [5.41, 5.74) is 2.80. The van der Waals surface area contributed by atoms with E-state index in [4.69, 9.17) is 4.74 Å². The molecule has 1 heterocycles. The third-order valence-electron chi connectivity index (χ3n) is 4.41. The van der Waals surface area contributed by atoms with Crippen LogP contribution in [0.25, 0.3) is 0 Å². The monoisotopic (exact) mass is 273 g/mol. The summed E-state index contributed by atoms with van der Waals surface area (Å²) in [5, 5.41) is 3.66. The lowest BCUT2D eigenvalue weighted by Crippen LogP contribution is -2.26. The highest BCUT2D eigenvalue weighted by Gasteiger charge is 2.31. The summed E-state index contributed by atoms with van der Waals surface area (Å²) in [5.74, 6) is 1.37. The molecule has 2 unspecified atom stereocenters. The van der Waals surface area contributed by atoms with Gasteiger partial charge < -0.3 is 10.1 Å². The predicted molar refractivity (Wildman–Crippen MR) is 82.8 cm³/mol. The number of rotatable bonds is 6. The van der Waals surface area contributed by atoms with Gasteiger partial charge in [0.05, 0.1) is 6.10 Å². The van der Waals surface area contributed by atoms with E-state index in [1.54, 1.807) is 0 Å². The molecule has 2 nitrogen and oxygen atoms in total. The smallest absolute Gasteiger partial charge is 0.0866 e. The summed E-state index contributed by atoms with van der Waals surface area (Å²) in [6, 6.07) is 9.91. The molecule has 1 aromatic rings. The molecule has 1 aliphatic carbocycles. The first-order valence-electron chi connectivity index (χ1n) is 8.16. The summed E-state index contributed by atoms with van der Waals surface area (Å²) in [6.45, 7) is 6.57. The Kier molecular flexibility index (Phi) is 4.42. The van der Waals surface area contributed by atoms with Crippen LogP contribution in [0.15, 0.2) is 24.3 Å². The van der Waals surface area contributed by atoms with E-state index in [0.717, 1.165) is 25.1 Å².